The van der Waals surface area contributed by atoms with Crippen molar-refractivity contribution in [2.24, 2.45) is 7.05 Å². The average Bonchev–Trinajstić information content (AvgIpc) is 2.89. The van der Waals surface area contributed by atoms with Gasteiger partial charge >= 0.3 is 0 Å². The SMILES string of the molecule is C[C@H]1CN(c2ccccc2Cl)C(=O)CN1Cc1nccn1C. The fraction of sp³-hybridized carbons (Fsp3) is 0.375. The number of aryl methyl sites for hydroxylation is 1. The molecule has 6 heteroatoms. The zero-order valence-corrected chi connectivity index (χ0v) is 13.5. The molecule has 116 valence electrons. The summed E-state index contributed by atoms with van der Waals surface area (Å²) in [6, 6.07) is 7.72. The lowest BCUT2D eigenvalue weighted by Crippen LogP contribution is -2.55. The molecular formula is C16H19ClN4O. The fourth-order valence-electron chi connectivity index (χ4n) is 2.74. The minimum atomic E-state index is 0.0698. The molecule has 1 aliphatic heterocycles. The summed E-state index contributed by atoms with van der Waals surface area (Å²) in [5, 5.41) is 0.612. The molecular weight excluding hydrogens is 300 g/mol. The molecule has 2 aromatic rings. The molecule has 1 fully saturated rings. The summed E-state index contributed by atoms with van der Waals surface area (Å²) in [4.78, 5) is 20.8. The molecule has 1 aromatic heterocycles. The number of imidazole rings is 1. The van der Waals surface area contributed by atoms with Crippen LogP contribution in [0.15, 0.2) is 36.7 Å². The maximum Gasteiger partial charge on any atom is 0.241 e. The van der Waals surface area contributed by atoms with E-state index in [1.165, 1.54) is 0 Å². The van der Waals surface area contributed by atoms with E-state index in [0.717, 1.165) is 11.5 Å². The van der Waals surface area contributed by atoms with Crippen LogP contribution in [0.2, 0.25) is 5.02 Å². The van der Waals surface area contributed by atoms with Crippen molar-refractivity contribution in [2.45, 2.75) is 19.5 Å². The number of aromatic nitrogens is 2. The van der Waals surface area contributed by atoms with Crippen LogP contribution >= 0.6 is 11.6 Å². The normalized spacial score (nSPS) is 19.7. The second kappa shape index (κ2) is 6.10. The van der Waals surface area contributed by atoms with Gasteiger partial charge in [-0.1, -0.05) is 23.7 Å². The van der Waals surface area contributed by atoms with Crippen molar-refractivity contribution in [3.8, 4) is 0 Å². The van der Waals surface area contributed by atoms with Gasteiger partial charge in [-0.2, -0.15) is 0 Å². The van der Waals surface area contributed by atoms with E-state index >= 15 is 0 Å². The summed E-state index contributed by atoms with van der Waals surface area (Å²) in [5.74, 6) is 1.03. The Morgan fingerprint density at radius 2 is 2.14 bits per heavy atom. The Bertz CT molecular complexity index is 684. The van der Waals surface area contributed by atoms with E-state index in [9.17, 15) is 4.79 Å². The summed E-state index contributed by atoms with van der Waals surface area (Å²) in [5.41, 5.74) is 0.789. The third-order valence-electron chi connectivity index (χ3n) is 4.12. The largest absolute Gasteiger partial charge is 0.337 e. The van der Waals surface area contributed by atoms with Crippen LogP contribution in [-0.2, 0) is 18.4 Å². The van der Waals surface area contributed by atoms with E-state index in [4.69, 9.17) is 11.6 Å². The summed E-state index contributed by atoms with van der Waals surface area (Å²) >= 11 is 6.22. The highest BCUT2D eigenvalue weighted by molar-refractivity contribution is 6.33. The number of hydrogen-bond acceptors (Lipinski definition) is 3. The van der Waals surface area contributed by atoms with E-state index in [-0.39, 0.29) is 11.9 Å². The second-order valence-corrected chi connectivity index (χ2v) is 6.07. The molecule has 1 aliphatic rings. The number of amides is 1. The average molecular weight is 319 g/mol. The lowest BCUT2D eigenvalue weighted by Gasteiger charge is -2.39. The van der Waals surface area contributed by atoms with E-state index in [1.54, 1.807) is 11.1 Å². The van der Waals surface area contributed by atoms with Gasteiger partial charge < -0.3 is 9.47 Å². The van der Waals surface area contributed by atoms with E-state index < -0.39 is 0 Å². The van der Waals surface area contributed by atoms with Gasteiger partial charge in [0, 0.05) is 32.0 Å². The van der Waals surface area contributed by atoms with Crippen LogP contribution in [0.4, 0.5) is 5.69 Å². The smallest absolute Gasteiger partial charge is 0.241 e. The highest BCUT2D eigenvalue weighted by atomic mass is 35.5. The number of carbonyl (C=O) groups is 1. The Labute approximate surface area is 135 Å². The van der Waals surface area contributed by atoms with Crippen molar-refractivity contribution in [2.75, 3.05) is 18.0 Å². The number of rotatable bonds is 3. The Morgan fingerprint density at radius 3 is 2.82 bits per heavy atom. The number of para-hydroxylation sites is 1. The predicted octanol–water partition coefficient (Wildman–Crippen LogP) is 2.31. The number of nitrogens with zero attached hydrogens (tertiary/aromatic N) is 4. The number of halogens is 1. The summed E-state index contributed by atoms with van der Waals surface area (Å²) in [7, 11) is 1.97. The van der Waals surface area contributed by atoms with Gasteiger partial charge in [-0.05, 0) is 19.1 Å². The topological polar surface area (TPSA) is 41.4 Å². The Kier molecular flexibility index (Phi) is 4.18. The molecule has 0 saturated carbocycles. The Morgan fingerprint density at radius 1 is 1.36 bits per heavy atom. The van der Waals surface area contributed by atoms with Gasteiger partial charge in [0.2, 0.25) is 5.91 Å². The molecule has 0 radical (unpaired) electrons. The minimum absolute atomic E-state index is 0.0698. The van der Waals surface area contributed by atoms with Gasteiger partial charge in [0.25, 0.3) is 0 Å². The van der Waals surface area contributed by atoms with Crippen molar-refractivity contribution >= 4 is 23.2 Å². The maximum atomic E-state index is 12.5. The summed E-state index contributed by atoms with van der Waals surface area (Å²) < 4.78 is 1.98. The van der Waals surface area contributed by atoms with Crippen LogP contribution in [0.1, 0.15) is 12.7 Å². The molecule has 0 spiro atoms. The van der Waals surface area contributed by atoms with Gasteiger partial charge in [-0.3, -0.25) is 9.69 Å². The van der Waals surface area contributed by atoms with Crippen LogP contribution in [0.25, 0.3) is 0 Å². The molecule has 22 heavy (non-hydrogen) atoms. The number of benzene rings is 1. The quantitative estimate of drug-likeness (QED) is 0.872. The van der Waals surface area contributed by atoms with Crippen molar-refractivity contribution in [3.05, 3.63) is 47.5 Å². The highest BCUT2D eigenvalue weighted by Gasteiger charge is 2.31. The zero-order valence-electron chi connectivity index (χ0n) is 12.7. The number of hydrogen-bond donors (Lipinski definition) is 0. The number of anilines is 1. The monoisotopic (exact) mass is 318 g/mol. The molecule has 1 atom stereocenters. The third-order valence-corrected chi connectivity index (χ3v) is 4.44. The molecule has 2 heterocycles. The van der Waals surface area contributed by atoms with Gasteiger partial charge in [0.05, 0.1) is 23.8 Å². The summed E-state index contributed by atoms with van der Waals surface area (Å²) in [6.45, 7) is 3.80. The van der Waals surface area contributed by atoms with Crippen molar-refractivity contribution in [1.29, 1.82) is 0 Å². The van der Waals surface area contributed by atoms with Crippen molar-refractivity contribution in [1.82, 2.24) is 14.5 Å². The van der Waals surface area contributed by atoms with E-state index in [0.29, 0.717) is 24.7 Å². The molecule has 3 rings (SSSR count). The van der Waals surface area contributed by atoms with Crippen LogP contribution in [-0.4, -0.2) is 39.5 Å². The predicted molar refractivity (Wildman–Crippen MR) is 86.9 cm³/mol. The van der Waals surface area contributed by atoms with Gasteiger partial charge in [-0.15, -0.1) is 0 Å². The van der Waals surface area contributed by atoms with Gasteiger partial charge in [-0.25, -0.2) is 4.98 Å². The molecule has 0 bridgehead atoms. The minimum Gasteiger partial charge on any atom is -0.337 e. The number of piperazine rings is 1. The zero-order chi connectivity index (χ0) is 15.7. The molecule has 0 N–H and O–H groups in total. The van der Waals surface area contributed by atoms with Crippen LogP contribution < -0.4 is 4.90 Å². The molecule has 1 amide bonds. The molecule has 0 aliphatic carbocycles. The first-order chi connectivity index (χ1) is 10.6. The Balaban J connectivity index is 1.76. The summed E-state index contributed by atoms with van der Waals surface area (Å²) in [6.07, 6.45) is 3.70. The second-order valence-electron chi connectivity index (χ2n) is 5.66. The molecule has 1 aromatic carbocycles. The standard InChI is InChI=1S/C16H19ClN4O/c1-12-9-21(14-6-4-3-5-13(14)17)16(22)11-20(12)10-15-18-7-8-19(15)2/h3-8,12H,9-11H2,1-2H3/t12-/m0/s1. The third kappa shape index (κ3) is 2.87. The van der Waals surface area contributed by atoms with E-state index in [2.05, 4.69) is 16.8 Å². The lowest BCUT2D eigenvalue weighted by atomic mass is 10.1. The number of carbonyl (C=O) groups excluding carboxylic acids is 1. The first-order valence-corrected chi connectivity index (χ1v) is 7.69. The maximum absolute atomic E-state index is 12.5. The molecule has 5 nitrogen and oxygen atoms in total. The van der Waals surface area contributed by atoms with Gasteiger partial charge in [0.15, 0.2) is 0 Å². The lowest BCUT2D eigenvalue weighted by molar-refractivity contribution is -0.122. The van der Waals surface area contributed by atoms with Crippen molar-refractivity contribution < 1.29 is 4.79 Å². The molecule has 1 saturated heterocycles. The molecule has 0 unspecified atom stereocenters. The van der Waals surface area contributed by atoms with Crippen LogP contribution in [0.3, 0.4) is 0 Å². The van der Waals surface area contributed by atoms with Crippen LogP contribution in [0.5, 0.6) is 0 Å². The first kappa shape index (κ1) is 15.1. The van der Waals surface area contributed by atoms with Crippen molar-refractivity contribution in [3.63, 3.8) is 0 Å². The first-order valence-electron chi connectivity index (χ1n) is 7.31. The highest BCUT2D eigenvalue weighted by Crippen LogP contribution is 2.28. The fourth-order valence-corrected chi connectivity index (χ4v) is 2.98. The van der Waals surface area contributed by atoms with Crippen LogP contribution in [0, 0.1) is 0 Å². The van der Waals surface area contributed by atoms with Gasteiger partial charge in [0.1, 0.15) is 5.82 Å². The van der Waals surface area contributed by atoms with E-state index in [1.807, 2.05) is 42.1 Å². The Hall–Kier alpha value is -1.85.